The van der Waals surface area contributed by atoms with E-state index in [1.54, 1.807) is 29.6 Å². The van der Waals surface area contributed by atoms with Gasteiger partial charge in [0.05, 0.1) is 12.0 Å². The second-order valence-corrected chi connectivity index (χ2v) is 11.5. The van der Waals surface area contributed by atoms with Crippen molar-refractivity contribution in [2.24, 2.45) is 0 Å². The van der Waals surface area contributed by atoms with Gasteiger partial charge in [-0.15, -0.1) is 0 Å². The van der Waals surface area contributed by atoms with Crippen LogP contribution in [-0.4, -0.2) is 39.9 Å². The van der Waals surface area contributed by atoms with Gasteiger partial charge < -0.3 is 10.1 Å². The van der Waals surface area contributed by atoms with Crippen LogP contribution in [-0.2, 0) is 24.2 Å². The van der Waals surface area contributed by atoms with Crippen molar-refractivity contribution in [1.82, 2.24) is 9.47 Å². The molecule has 0 atom stereocenters. The molecule has 3 aromatic rings. The predicted octanol–water partition coefficient (Wildman–Crippen LogP) is 5.94. The average Bonchev–Trinajstić information content (AvgIpc) is 3.25. The molecule has 7 nitrogen and oxygen atoms in total. The van der Waals surface area contributed by atoms with Gasteiger partial charge in [-0.05, 0) is 61.1 Å². The predicted molar refractivity (Wildman–Crippen MR) is 170 cm³/mol. The van der Waals surface area contributed by atoms with Gasteiger partial charge in [0.2, 0.25) is 0 Å². The van der Waals surface area contributed by atoms with Crippen LogP contribution in [0.3, 0.4) is 0 Å². The Morgan fingerprint density at radius 2 is 1.76 bits per heavy atom. The Kier molecular flexibility index (Phi) is 10.4. The Morgan fingerprint density at radius 1 is 1.05 bits per heavy atom. The number of hydrogen-bond acceptors (Lipinski definition) is 7. The number of methoxy groups -OCH3 is 1. The van der Waals surface area contributed by atoms with Gasteiger partial charge in [0.15, 0.2) is 0 Å². The summed E-state index contributed by atoms with van der Waals surface area (Å²) in [5.74, 6) is 1.23. The van der Waals surface area contributed by atoms with Crippen LogP contribution in [0.2, 0.25) is 0 Å². The van der Waals surface area contributed by atoms with Gasteiger partial charge in [0, 0.05) is 25.2 Å². The largest absolute Gasteiger partial charge is 0.497 e. The fourth-order valence-electron chi connectivity index (χ4n) is 4.71. The van der Waals surface area contributed by atoms with E-state index in [4.69, 9.17) is 17.0 Å². The molecular weight excluding hydrogens is 553 g/mol. The highest BCUT2D eigenvalue weighted by atomic mass is 32.2. The first-order valence-corrected chi connectivity index (χ1v) is 14.9. The summed E-state index contributed by atoms with van der Waals surface area (Å²) in [5.41, 5.74) is 3.25. The molecule has 0 saturated carbocycles. The summed E-state index contributed by atoms with van der Waals surface area (Å²) in [6.07, 6.45) is 4.88. The first-order chi connectivity index (χ1) is 19.9. The van der Waals surface area contributed by atoms with Crippen LogP contribution in [0.15, 0.2) is 64.3 Å². The van der Waals surface area contributed by atoms with E-state index in [9.17, 15) is 14.9 Å². The number of thioether (sulfide) groups is 1. The summed E-state index contributed by atoms with van der Waals surface area (Å²) in [7, 11) is 1.63. The topological polar surface area (TPSA) is 87.4 Å². The molecule has 0 aliphatic carbocycles. The van der Waals surface area contributed by atoms with E-state index in [-0.39, 0.29) is 17.0 Å². The number of aromatic nitrogens is 1. The molecule has 0 radical (unpaired) electrons. The lowest BCUT2D eigenvalue weighted by Gasteiger charge is -2.20. The van der Waals surface area contributed by atoms with Crippen molar-refractivity contribution < 1.29 is 9.53 Å². The molecule has 1 saturated heterocycles. The van der Waals surface area contributed by atoms with Crippen LogP contribution < -0.4 is 15.6 Å². The summed E-state index contributed by atoms with van der Waals surface area (Å²) in [4.78, 5) is 29.0. The zero-order chi connectivity index (χ0) is 29.4. The second-order valence-electron chi connectivity index (χ2n) is 9.78. The van der Waals surface area contributed by atoms with Crippen LogP contribution in [0.25, 0.3) is 6.08 Å². The minimum Gasteiger partial charge on any atom is -0.497 e. The zero-order valence-corrected chi connectivity index (χ0v) is 25.2. The Morgan fingerprint density at radius 3 is 2.41 bits per heavy atom. The number of nitrogens with zero attached hydrogens (tertiary/aromatic N) is 3. The van der Waals surface area contributed by atoms with Gasteiger partial charge in [-0.3, -0.25) is 19.1 Å². The van der Waals surface area contributed by atoms with E-state index in [1.807, 2.05) is 42.5 Å². The molecule has 0 bridgehead atoms. The third kappa shape index (κ3) is 7.07. The van der Waals surface area contributed by atoms with Gasteiger partial charge >= 0.3 is 0 Å². The normalized spacial score (nSPS) is 14.0. The Balaban J connectivity index is 1.66. The lowest BCUT2D eigenvalue weighted by atomic mass is 10.0. The molecule has 2 aromatic carbocycles. The quantitative estimate of drug-likeness (QED) is 0.208. The molecule has 41 heavy (non-hydrogen) atoms. The number of nitriles is 1. The highest BCUT2D eigenvalue weighted by molar-refractivity contribution is 8.26. The van der Waals surface area contributed by atoms with Crippen LogP contribution in [0.5, 0.6) is 5.75 Å². The number of amides is 1. The average molecular weight is 587 g/mol. The lowest BCUT2D eigenvalue weighted by molar-refractivity contribution is -0.122. The fraction of sp³-hybridized carbons (Fsp3) is 0.312. The summed E-state index contributed by atoms with van der Waals surface area (Å²) < 4.78 is 7.37. The molecule has 0 spiro atoms. The van der Waals surface area contributed by atoms with Crippen molar-refractivity contribution in [2.75, 3.05) is 25.5 Å². The maximum Gasteiger partial charge on any atom is 0.270 e. The Bertz CT molecular complexity index is 1540. The Labute approximate surface area is 250 Å². The number of carbonyl (C=O) groups excluding carboxylic acids is 1. The van der Waals surface area contributed by atoms with Crippen LogP contribution in [0, 0.1) is 18.3 Å². The van der Waals surface area contributed by atoms with E-state index in [2.05, 4.69) is 30.4 Å². The maximum atomic E-state index is 13.5. The molecule has 1 aliphatic rings. The number of anilines is 1. The molecule has 9 heteroatoms. The van der Waals surface area contributed by atoms with E-state index in [0.29, 0.717) is 52.2 Å². The van der Waals surface area contributed by atoms with E-state index in [0.717, 1.165) is 30.6 Å². The molecule has 2 heterocycles. The van der Waals surface area contributed by atoms with Gasteiger partial charge in [0.1, 0.15) is 27.5 Å². The molecular formula is C32H34N4O3S2. The Hall–Kier alpha value is -3.87. The summed E-state index contributed by atoms with van der Waals surface area (Å²) in [6, 6.07) is 20.0. The number of nitrogens with one attached hydrogen (secondary N) is 1. The first-order valence-electron chi connectivity index (χ1n) is 13.7. The van der Waals surface area contributed by atoms with Crippen LogP contribution in [0.1, 0.15) is 47.6 Å². The van der Waals surface area contributed by atoms with Crippen molar-refractivity contribution in [3.63, 3.8) is 0 Å². The van der Waals surface area contributed by atoms with Gasteiger partial charge in [-0.2, -0.15) is 5.26 Å². The monoisotopic (exact) mass is 586 g/mol. The number of benzene rings is 2. The van der Waals surface area contributed by atoms with Crippen molar-refractivity contribution in [1.29, 1.82) is 5.26 Å². The van der Waals surface area contributed by atoms with E-state index in [1.165, 1.54) is 17.3 Å². The van der Waals surface area contributed by atoms with Crippen molar-refractivity contribution in [2.45, 2.75) is 46.1 Å². The van der Waals surface area contributed by atoms with E-state index >= 15 is 0 Å². The van der Waals surface area contributed by atoms with Crippen molar-refractivity contribution in [3.05, 3.63) is 97.7 Å². The number of thiocarbonyl (C=S) groups is 1. The number of ether oxygens (including phenoxy) is 1. The molecule has 4 rings (SSSR count). The molecule has 1 aliphatic heterocycles. The smallest absolute Gasteiger partial charge is 0.270 e. The van der Waals surface area contributed by atoms with Gasteiger partial charge in [0.25, 0.3) is 11.5 Å². The third-order valence-corrected chi connectivity index (χ3v) is 8.47. The van der Waals surface area contributed by atoms with Crippen molar-refractivity contribution in [3.8, 4) is 11.8 Å². The number of hydrogen-bond donors (Lipinski definition) is 1. The molecule has 1 fully saturated rings. The second kappa shape index (κ2) is 14.2. The standard InChI is InChI=1S/C32H34N4O3S2/c1-4-5-18-35-29(34-17-15-23-9-7-6-8-10-23)26(22(2)27(21-33)30(35)37)20-28-31(38)36(32(40)41-28)19-16-24-11-13-25(39-3)14-12-24/h6-14,20,34H,4-5,15-19H2,1-3H3/b28-20+. The van der Waals surface area contributed by atoms with Gasteiger partial charge in [-0.25, -0.2) is 0 Å². The molecule has 212 valence electrons. The number of unbranched alkanes of at least 4 members (excludes halogenated alkanes) is 1. The fourth-order valence-corrected chi connectivity index (χ4v) is 6.00. The minimum absolute atomic E-state index is 0.0935. The highest BCUT2D eigenvalue weighted by Crippen LogP contribution is 2.35. The lowest BCUT2D eigenvalue weighted by Crippen LogP contribution is -2.30. The highest BCUT2D eigenvalue weighted by Gasteiger charge is 2.32. The zero-order valence-electron chi connectivity index (χ0n) is 23.6. The van der Waals surface area contributed by atoms with Crippen LogP contribution >= 0.6 is 24.0 Å². The third-order valence-electron chi connectivity index (χ3n) is 7.09. The van der Waals surface area contributed by atoms with E-state index < -0.39 is 0 Å². The minimum atomic E-state index is -0.315. The van der Waals surface area contributed by atoms with Crippen LogP contribution in [0.4, 0.5) is 5.82 Å². The number of rotatable bonds is 12. The van der Waals surface area contributed by atoms with Gasteiger partial charge in [-0.1, -0.05) is 79.8 Å². The molecule has 1 amide bonds. The molecule has 1 aromatic heterocycles. The molecule has 1 N–H and O–H groups in total. The molecule has 0 unspecified atom stereocenters. The summed E-state index contributed by atoms with van der Waals surface area (Å²) >= 11 is 6.84. The number of carbonyl (C=O) groups is 1. The maximum absolute atomic E-state index is 13.5. The summed E-state index contributed by atoms with van der Waals surface area (Å²) in [6.45, 7) is 5.34. The SMILES string of the molecule is CCCCn1c(NCCc2ccccc2)c(/C=C2/SC(=S)N(CCc3ccc(OC)cc3)C2=O)c(C)c(C#N)c1=O. The summed E-state index contributed by atoms with van der Waals surface area (Å²) in [5, 5.41) is 13.4. The first kappa shape index (κ1) is 30.1. The number of pyridine rings is 1. The van der Waals surface area contributed by atoms with Crippen molar-refractivity contribution >= 4 is 46.1 Å².